The molecule has 2 aliphatic rings. The van der Waals surface area contributed by atoms with Crippen LogP contribution >= 0.6 is 11.3 Å². The molecule has 116 valence electrons. The van der Waals surface area contributed by atoms with Gasteiger partial charge in [-0.3, -0.25) is 9.69 Å². The Bertz CT molecular complexity index is 450. The van der Waals surface area contributed by atoms with Crippen molar-refractivity contribution < 1.29 is 4.79 Å². The fraction of sp³-hybridized carbons (Fsp3) is 0.733. The van der Waals surface area contributed by atoms with Crippen molar-refractivity contribution in [2.45, 2.75) is 44.7 Å². The highest BCUT2D eigenvalue weighted by atomic mass is 32.1. The first-order valence-electron chi connectivity index (χ1n) is 7.93. The highest BCUT2D eigenvalue weighted by Crippen LogP contribution is 2.20. The zero-order valence-corrected chi connectivity index (χ0v) is 13.4. The number of rotatable bonds is 4. The second kappa shape index (κ2) is 6.75. The number of thiazole rings is 1. The summed E-state index contributed by atoms with van der Waals surface area (Å²) < 4.78 is 0. The van der Waals surface area contributed by atoms with Crippen LogP contribution in [0.3, 0.4) is 0 Å². The van der Waals surface area contributed by atoms with E-state index in [-0.39, 0.29) is 11.9 Å². The molecule has 1 aliphatic heterocycles. The highest BCUT2D eigenvalue weighted by molar-refractivity contribution is 7.13. The number of hydrogen-bond acceptors (Lipinski definition) is 5. The molecular formula is C15H24N4OS. The Balaban J connectivity index is 1.47. The molecule has 3 rings (SSSR count). The van der Waals surface area contributed by atoms with Crippen LogP contribution in [0, 0.1) is 0 Å². The maximum Gasteiger partial charge on any atom is 0.237 e. The van der Waals surface area contributed by atoms with Gasteiger partial charge in [-0.2, -0.15) is 0 Å². The minimum Gasteiger partial charge on any atom is -0.352 e. The number of hydrogen-bond donors (Lipinski definition) is 1. The number of anilines is 1. The number of piperazine rings is 1. The first-order chi connectivity index (χ1) is 10.2. The average molecular weight is 308 g/mol. The fourth-order valence-corrected chi connectivity index (χ4v) is 3.93. The Morgan fingerprint density at radius 3 is 2.67 bits per heavy atom. The van der Waals surface area contributed by atoms with E-state index in [1.807, 2.05) is 18.5 Å². The summed E-state index contributed by atoms with van der Waals surface area (Å²) in [6.45, 7) is 5.80. The maximum absolute atomic E-state index is 12.3. The van der Waals surface area contributed by atoms with Crippen LogP contribution in [0.25, 0.3) is 0 Å². The van der Waals surface area contributed by atoms with Gasteiger partial charge in [0.05, 0.1) is 6.04 Å². The van der Waals surface area contributed by atoms with Gasteiger partial charge in [0.25, 0.3) is 0 Å². The van der Waals surface area contributed by atoms with Crippen molar-refractivity contribution in [1.29, 1.82) is 0 Å². The maximum atomic E-state index is 12.3. The number of aromatic nitrogens is 1. The molecule has 1 N–H and O–H groups in total. The minimum atomic E-state index is -0.0240. The standard InChI is InChI=1S/C15H24N4OS/c1-12(14(20)17-13-4-2-3-5-13)18-7-9-19(10-8-18)15-16-6-11-21-15/h6,11-13H,2-5,7-10H2,1H3,(H,17,20)/t12-/m1/s1. The van der Waals surface area contributed by atoms with Gasteiger partial charge in [-0.25, -0.2) is 4.98 Å². The zero-order valence-electron chi connectivity index (χ0n) is 12.6. The molecule has 1 aliphatic carbocycles. The minimum absolute atomic E-state index is 0.0240. The van der Waals surface area contributed by atoms with E-state index in [1.165, 1.54) is 12.8 Å². The smallest absolute Gasteiger partial charge is 0.237 e. The summed E-state index contributed by atoms with van der Waals surface area (Å²) in [5.74, 6) is 0.199. The summed E-state index contributed by atoms with van der Waals surface area (Å²) in [5, 5.41) is 6.32. The van der Waals surface area contributed by atoms with E-state index < -0.39 is 0 Å². The lowest BCUT2D eigenvalue weighted by atomic mass is 10.2. The van der Waals surface area contributed by atoms with Gasteiger partial charge in [0, 0.05) is 43.8 Å². The van der Waals surface area contributed by atoms with Gasteiger partial charge < -0.3 is 10.2 Å². The van der Waals surface area contributed by atoms with E-state index in [0.717, 1.165) is 44.2 Å². The van der Waals surface area contributed by atoms with E-state index >= 15 is 0 Å². The third-order valence-corrected chi connectivity index (χ3v) is 5.47. The molecule has 21 heavy (non-hydrogen) atoms. The van der Waals surface area contributed by atoms with E-state index in [1.54, 1.807) is 11.3 Å². The Morgan fingerprint density at radius 2 is 2.05 bits per heavy atom. The van der Waals surface area contributed by atoms with Crippen LogP contribution in [0.1, 0.15) is 32.6 Å². The molecule has 2 fully saturated rings. The quantitative estimate of drug-likeness (QED) is 0.920. The Morgan fingerprint density at radius 1 is 1.33 bits per heavy atom. The van der Waals surface area contributed by atoms with Crippen LogP contribution in [0.5, 0.6) is 0 Å². The second-order valence-electron chi connectivity index (χ2n) is 6.00. The Labute approximate surface area is 130 Å². The predicted molar refractivity (Wildman–Crippen MR) is 85.8 cm³/mol. The molecule has 0 unspecified atom stereocenters. The van der Waals surface area contributed by atoms with Crippen LogP contribution in [-0.4, -0.2) is 54.1 Å². The molecule has 0 aromatic carbocycles. The SMILES string of the molecule is C[C@H](C(=O)NC1CCCC1)N1CCN(c2nccs2)CC1. The van der Waals surface area contributed by atoms with E-state index in [2.05, 4.69) is 20.1 Å². The molecule has 1 amide bonds. The van der Waals surface area contributed by atoms with Crippen LogP contribution < -0.4 is 10.2 Å². The second-order valence-corrected chi connectivity index (χ2v) is 6.88. The molecule has 6 heteroatoms. The summed E-state index contributed by atoms with van der Waals surface area (Å²) in [7, 11) is 0. The molecule has 1 aromatic rings. The predicted octanol–water partition coefficient (Wildman–Crippen LogP) is 1.71. The van der Waals surface area contributed by atoms with Gasteiger partial charge >= 0.3 is 0 Å². The van der Waals surface area contributed by atoms with Gasteiger partial charge in [0.1, 0.15) is 0 Å². The number of carbonyl (C=O) groups is 1. The molecule has 0 spiro atoms. The molecule has 1 atom stereocenters. The van der Waals surface area contributed by atoms with E-state index in [9.17, 15) is 4.79 Å². The van der Waals surface area contributed by atoms with E-state index in [0.29, 0.717) is 6.04 Å². The average Bonchev–Trinajstić information content (AvgIpc) is 3.20. The molecular weight excluding hydrogens is 284 g/mol. The van der Waals surface area contributed by atoms with Gasteiger partial charge in [-0.05, 0) is 19.8 Å². The third kappa shape index (κ3) is 3.55. The van der Waals surface area contributed by atoms with Gasteiger partial charge in [0.2, 0.25) is 5.91 Å². The summed E-state index contributed by atoms with van der Waals surface area (Å²) in [5.41, 5.74) is 0. The van der Waals surface area contributed by atoms with Crippen LogP contribution in [-0.2, 0) is 4.79 Å². The molecule has 5 nitrogen and oxygen atoms in total. The molecule has 1 aromatic heterocycles. The number of amides is 1. The van der Waals surface area contributed by atoms with Crippen molar-refractivity contribution in [3.05, 3.63) is 11.6 Å². The normalized spacial score (nSPS) is 22.4. The highest BCUT2D eigenvalue weighted by Gasteiger charge is 2.28. The lowest BCUT2D eigenvalue weighted by molar-refractivity contribution is -0.126. The molecule has 2 heterocycles. The number of carbonyl (C=O) groups excluding carboxylic acids is 1. The molecule has 1 saturated carbocycles. The fourth-order valence-electron chi connectivity index (χ4n) is 3.23. The Hall–Kier alpha value is -1.14. The van der Waals surface area contributed by atoms with Crippen molar-refractivity contribution in [3.8, 4) is 0 Å². The Kier molecular flexibility index (Phi) is 4.75. The monoisotopic (exact) mass is 308 g/mol. The lowest BCUT2D eigenvalue weighted by Crippen LogP contribution is -2.54. The molecule has 1 saturated heterocycles. The van der Waals surface area contributed by atoms with E-state index in [4.69, 9.17) is 0 Å². The van der Waals surface area contributed by atoms with Gasteiger partial charge in [-0.15, -0.1) is 11.3 Å². The van der Waals surface area contributed by atoms with Crippen LogP contribution in [0.15, 0.2) is 11.6 Å². The molecule has 0 bridgehead atoms. The molecule has 0 radical (unpaired) electrons. The largest absolute Gasteiger partial charge is 0.352 e. The summed E-state index contributed by atoms with van der Waals surface area (Å²) >= 11 is 1.68. The van der Waals surface area contributed by atoms with Crippen LogP contribution in [0.2, 0.25) is 0 Å². The van der Waals surface area contributed by atoms with Crippen molar-refractivity contribution in [2.75, 3.05) is 31.1 Å². The summed E-state index contributed by atoms with van der Waals surface area (Å²) in [4.78, 5) is 21.3. The number of nitrogens with zero attached hydrogens (tertiary/aromatic N) is 3. The third-order valence-electron chi connectivity index (χ3n) is 4.63. The summed E-state index contributed by atoms with van der Waals surface area (Å²) in [6.07, 6.45) is 6.66. The lowest BCUT2D eigenvalue weighted by Gasteiger charge is -2.37. The summed E-state index contributed by atoms with van der Waals surface area (Å²) in [6, 6.07) is 0.389. The first kappa shape index (κ1) is 14.8. The zero-order chi connectivity index (χ0) is 14.7. The van der Waals surface area contributed by atoms with Crippen molar-refractivity contribution >= 4 is 22.4 Å². The van der Waals surface area contributed by atoms with Crippen LogP contribution in [0.4, 0.5) is 5.13 Å². The van der Waals surface area contributed by atoms with Gasteiger partial charge in [0.15, 0.2) is 5.13 Å². The van der Waals surface area contributed by atoms with Crippen molar-refractivity contribution in [3.63, 3.8) is 0 Å². The van der Waals surface area contributed by atoms with Gasteiger partial charge in [-0.1, -0.05) is 12.8 Å². The van der Waals surface area contributed by atoms with Crippen molar-refractivity contribution in [2.24, 2.45) is 0 Å². The topological polar surface area (TPSA) is 48.5 Å². The first-order valence-corrected chi connectivity index (χ1v) is 8.81. The number of nitrogens with one attached hydrogen (secondary N) is 1. The van der Waals surface area contributed by atoms with Crippen molar-refractivity contribution in [1.82, 2.24) is 15.2 Å².